The molecule has 0 radical (unpaired) electrons. The summed E-state index contributed by atoms with van der Waals surface area (Å²) in [6, 6.07) is 24.6. The highest BCUT2D eigenvalue weighted by atomic mass is 32.2. The molecular weight excluding hydrogens is 398 g/mol. The van der Waals surface area contributed by atoms with Gasteiger partial charge in [0.15, 0.2) is 0 Å². The normalized spacial score (nSPS) is 11.3. The minimum Gasteiger partial charge on any atom is -0.376 e. The molecule has 0 atom stereocenters. The largest absolute Gasteiger partial charge is 0.376 e. The van der Waals surface area contributed by atoms with Crippen molar-refractivity contribution in [1.82, 2.24) is 9.62 Å². The molecule has 30 heavy (non-hydrogen) atoms. The summed E-state index contributed by atoms with van der Waals surface area (Å²) in [6.45, 7) is 0.226. The molecule has 0 aliphatic carbocycles. The first kappa shape index (κ1) is 21.5. The van der Waals surface area contributed by atoms with Crippen LogP contribution in [0, 0.1) is 0 Å². The van der Waals surface area contributed by atoms with Crippen molar-refractivity contribution in [3.63, 3.8) is 0 Å². The van der Waals surface area contributed by atoms with Crippen molar-refractivity contribution < 1.29 is 13.2 Å². The molecule has 0 aliphatic heterocycles. The van der Waals surface area contributed by atoms with Gasteiger partial charge in [0, 0.05) is 26.3 Å². The van der Waals surface area contributed by atoms with Gasteiger partial charge in [0.25, 0.3) is 0 Å². The summed E-state index contributed by atoms with van der Waals surface area (Å²) in [7, 11) is -0.604. The average molecular weight is 424 g/mol. The van der Waals surface area contributed by atoms with E-state index in [1.807, 2.05) is 54.6 Å². The van der Waals surface area contributed by atoms with Crippen molar-refractivity contribution in [2.75, 3.05) is 26.0 Å². The minimum absolute atomic E-state index is 0.0906. The van der Waals surface area contributed by atoms with Gasteiger partial charge in [-0.25, -0.2) is 12.7 Å². The second kappa shape index (κ2) is 9.56. The number of benzene rings is 3. The van der Waals surface area contributed by atoms with E-state index in [9.17, 15) is 13.2 Å². The Bertz CT molecular complexity index is 1100. The summed E-state index contributed by atoms with van der Waals surface area (Å²) in [4.78, 5) is 12.4. The van der Waals surface area contributed by atoms with Crippen LogP contribution in [0.25, 0.3) is 11.1 Å². The molecule has 0 aromatic heterocycles. The number of hydrogen-bond donors (Lipinski definition) is 2. The van der Waals surface area contributed by atoms with Gasteiger partial charge in [-0.05, 0) is 34.9 Å². The Morgan fingerprint density at radius 2 is 1.43 bits per heavy atom. The molecule has 3 aromatic carbocycles. The van der Waals surface area contributed by atoms with Crippen LogP contribution >= 0.6 is 0 Å². The molecule has 2 N–H and O–H groups in total. The van der Waals surface area contributed by atoms with Crippen LogP contribution in [0.15, 0.2) is 83.8 Å². The lowest BCUT2D eigenvalue weighted by atomic mass is 10.1. The van der Waals surface area contributed by atoms with Gasteiger partial charge in [-0.15, -0.1) is 0 Å². The molecule has 3 rings (SSSR count). The molecular formula is C23H25N3O3S. The highest BCUT2D eigenvalue weighted by Gasteiger charge is 2.20. The molecule has 3 aromatic rings. The third kappa shape index (κ3) is 5.25. The van der Waals surface area contributed by atoms with Gasteiger partial charge < -0.3 is 10.6 Å². The Balaban J connectivity index is 1.56. The molecule has 156 valence electrons. The Hall–Kier alpha value is -3.16. The monoisotopic (exact) mass is 423 g/mol. The molecule has 6 nitrogen and oxygen atoms in total. The second-order valence-corrected chi connectivity index (χ2v) is 9.09. The van der Waals surface area contributed by atoms with Crippen molar-refractivity contribution in [1.29, 1.82) is 0 Å². The lowest BCUT2D eigenvalue weighted by Crippen LogP contribution is -2.30. The molecule has 1 amide bonds. The minimum atomic E-state index is -3.57. The van der Waals surface area contributed by atoms with Gasteiger partial charge in [0.2, 0.25) is 15.9 Å². The smallest absolute Gasteiger partial charge is 0.242 e. The predicted molar refractivity (Wildman–Crippen MR) is 120 cm³/mol. The maximum absolute atomic E-state index is 12.4. The van der Waals surface area contributed by atoms with Crippen LogP contribution < -0.4 is 10.6 Å². The molecule has 0 bridgehead atoms. The maximum atomic E-state index is 12.4. The van der Waals surface area contributed by atoms with Crippen molar-refractivity contribution in [3.8, 4) is 11.1 Å². The number of hydrogen-bond acceptors (Lipinski definition) is 4. The fourth-order valence-corrected chi connectivity index (χ4v) is 4.06. The number of nitrogens with one attached hydrogen (secondary N) is 2. The number of carbonyl (C=O) groups is 1. The van der Waals surface area contributed by atoms with Crippen molar-refractivity contribution in [2.45, 2.75) is 11.4 Å². The van der Waals surface area contributed by atoms with Gasteiger partial charge >= 0.3 is 0 Å². The van der Waals surface area contributed by atoms with Gasteiger partial charge in [0.05, 0.1) is 11.4 Å². The van der Waals surface area contributed by atoms with Crippen LogP contribution in [0.4, 0.5) is 5.69 Å². The van der Waals surface area contributed by atoms with E-state index in [0.717, 1.165) is 21.1 Å². The first-order valence-corrected chi connectivity index (χ1v) is 11.0. The lowest BCUT2D eigenvalue weighted by molar-refractivity contribution is -0.119. The molecule has 0 saturated heterocycles. The molecule has 0 unspecified atom stereocenters. The Morgan fingerprint density at radius 3 is 2.10 bits per heavy atom. The van der Waals surface area contributed by atoms with E-state index in [1.54, 1.807) is 24.3 Å². The molecule has 0 spiro atoms. The number of rotatable bonds is 8. The summed E-state index contributed by atoms with van der Waals surface area (Å²) < 4.78 is 26.0. The number of amides is 1. The standard InChI is InChI=1S/C23H25N3O3S/c1-26(2)30(28,29)22-11-7-6-10-20(22)16-25-23(27)17-24-21-14-12-19(13-15-21)18-8-4-3-5-9-18/h3-15,24H,16-17H2,1-2H3,(H,25,27). The van der Waals surface area contributed by atoms with E-state index in [4.69, 9.17) is 0 Å². The topological polar surface area (TPSA) is 78.5 Å². The quantitative estimate of drug-likeness (QED) is 0.583. The van der Waals surface area contributed by atoms with Crippen LogP contribution in [0.3, 0.4) is 0 Å². The van der Waals surface area contributed by atoms with Crippen molar-refractivity contribution in [3.05, 3.63) is 84.4 Å². The number of anilines is 1. The number of carbonyl (C=O) groups excluding carboxylic acids is 1. The van der Waals surface area contributed by atoms with Gasteiger partial charge in [-0.1, -0.05) is 60.7 Å². The molecule has 0 aliphatic rings. The summed E-state index contributed by atoms with van der Waals surface area (Å²) >= 11 is 0. The summed E-state index contributed by atoms with van der Waals surface area (Å²) in [5.41, 5.74) is 3.62. The van der Waals surface area contributed by atoms with E-state index in [0.29, 0.717) is 5.56 Å². The van der Waals surface area contributed by atoms with Crippen LogP contribution in [-0.4, -0.2) is 39.3 Å². The van der Waals surface area contributed by atoms with E-state index in [-0.39, 0.29) is 23.9 Å². The highest BCUT2D eigenvalue weighted by molar-refractivity contribution is 7.89. The first-order valence-electron chi connectivity index (χ1n) is 9.54. The van der Waals surface area contributed by atoms with E-state index in [2.05, 4.69) is 10.6 Å². The van der Waals surface area contributed by atoms with E-state index >= 15 is 0 Å². The van der Waals surface area contributed by atoms with Crippen LogP contribution in [-0.2, 0) is 21.4 Å². The Morgan fingerprint density at radius 1 is 0.833 bits per heavy atom. The lowest BCUT2D eigenvalue weighted by Gasteiger charge is -2.15. The zero-order valence-electron chi connectivity index (χ0n) is 17.0. The van der Waals surface area contributed by atoms with E-state index in [1.165, 1.54) is 14.1 Å². The number of sulfonamides is 1. The summed E-state index contributed by atoms with van der Waals surface area (Å²) in [5.74, 6) is -0.223. The maximum Gasteiger partial charge on any atom is 0.242 e. The van der Waals surface area contributed by atoms with Crippen LogP contribution in [0.2, 0.25) is 0 Å². The third-order valence-electron chi connectivity index (χ3n) is 4.65. The summed E-state index contributed by atoms with van der Waals surface area (Å²) in [5, 5.41) is 5.86. The molecule has 0 fully saturated rings. The predicted octanol–water partition coefficient (Wildman–Crippen LogP) is 3.33. The van der Waals surface area contributed by atoms with E-state index < -0.39 is 10.0 Å². The van der Waals surface area contributed by atoms with Crippen LogP contribution in [0.5, 0.6) is 0 Å². The zero-order chi connectivity index (χ0) is 21.6. The van der Waals surface area contributed by atoms with Crippen molar-refractivity contribution >= 4 is 21.6 Å². The third-order valence-corrected chi connectivity index (χ3v) is 6.57. The Labute approximate surface area is 177 Å². The fraction of sp³-hybridized carbons (Fsp3) is 0.174. The van der Waals surface area contributed by atoms with Gasteiger partial charge in [0.1, 0.15) is 0 Å². The van der Waals surface area contributed by atoms with Crippen molar-refractivity contribution in [2.24, 2.45) is 0 Å². The van der Waals surface area contributed by atoms with Crippen LogP contribution in [0.1, 0.15) is 5.56 Å². The summed E-state index contributed by atoms with van der Waals surface area (Å²) in [6.07, 6.45) is 0. The Kier molecular flexibility index (Phi) is 6.87. The first-order chi connectivity index (χ1) is 14.4. The molecule has 0 saturated carbocycles. The SMILES string of the molecule is CN(C)S(=O)(=O)c1ccccc1CNC(=O)CNc1ccc(-c2ccccc2)cc1. The number of nitrogens with zero attached hydrogens (tertiary/aromatic N) is 1. The molecule has 0 heterocycles. The molecule has 7 heteroatoms. The highest BCUT2D eigenvalue weighted by Crippen LogP contribution is 2.21. The van der Waals surface area contributed by atoms with Gasteiger partial charge in [-0.2, -0.15) is 0 Å². The average Bonchev–Trinajstić information content (AvgIpc) is 2.77. The fourth-order valence-electron chi connectivity index (χ4n) is 2.95. The van der Waals surface area contributed by atoms with Gasteiger partial charge in [-0.3, -0.25) is 4.79 Å². The zero-order valence-corrected chi connectivity index (χ0v) is 17.8. The second-order valence-electron chi connectivity index (χ2n) is 6.97.